The van der Waals surface area contributed by atoms with Crippen molar-refractivity contribution in [1.29, 1.82) is 0 Å². The van der Waals surface area contributed by atoms with Crippen molar-refractivity contribution in [2.24, 2.45) is 0 Å². The second-order valence-corrected chi connectivity index (χ2v) is 26.4. The number of rotatable bonds is 4. The van der Waals surface area contributed by atoms with Gasteiger partial charge in [-0.2, -0.15) is 0 Å². The van der Waals surface area contributed by atoms with Gasteiger partial charge in [0.15, 0.2) is 0 Å². The summed E-state index contributed by atoms with van der Waals surface area (Å²) in [6.07, 6.45) is 0. The van der Waals surface area contributed by atoms with Gasteiger partial charge in [0.25, 0.3) is 0 Å². The summed E-state index contributed by atoms with van der Waals surface area (Å²) in [5, 5.41) is 10.2. The molecule has 0 aliphatic carbocycles. The standard InChI is InChI=1S/C79H46B2N4S2/c1-45-78-62(80-60-28-16-26-56-52-22-8-14-32-66(52)84(76(56)60)70-40-48(42-72(86-78)74(70)80)46-34-36-68-58(38-46)54-24-10-12-30-64(54)82(68)50-18-4-2-5-19-50)44-63-79(45)87-73-43-49(41-71-75(73)81(63)61-29-17-27-57-53-23-9-15-33-67(53)85(71)77(57)61)47-35-37-69-59(39-47)55-25-11-13-31-65(55)83(69)51-20-6-3-7-21-51/h2-44H,1H3. The fourth-order valence-electron chi connectivity index (χ4n) is 16.5. The third-order valence-corrected chi connectivity index (χ3v) is 22.6. The SMILES string of the molecule is Cc1c2c(cc3c1Sc1cc(-c4ccc5c(c4)c4ccccc4n5-c4ccccc4)cc4c1B3c1cccc3c5ccccc5n-4c13)B1c3c(cc(-c4ccc5c(c4)c4ccccc4n5-c4ccccc4)cc3-n3c4ccccc4c4cccc1c43)S2. The van der Waals surface area contributed by atoms with Gasteiger partial charge in [0.2, 0.25) is 13.4 Å². The number of nitrogens with zero attached hydrogens (tertiary/aromatic N) is 4. The Morgan fingerprint density at radius 2 is 0.644 bits per heavy atom. The van der Waals surface area contributed by atoms with Gasteiger partial charge in [-0.05, 0) is 154 Å². The van der Waals surface area contributed by atoms with Crippen LogP contribution in [-0.2, 0) is 0 Å². The molecule has 0 fully saturated rings. The van der Waals surface area contributed by atoms with Crippen molar-refractivity contribution in [3.8, 4) is 45.0 Å². The van der Waals surface area contributed by atoms with Crippen molar-refractivity contribution in [3.63, 3.8) is 0 Å². The molecule has 0 spiro atoms. The highest BCUT2D eigenvalue weighted by molar-refractivity contribution is 8.01. The molecule has 21 rings (SSSR count). The maximum absolute atomic E-state index is 2.69. The first-order chi connectivity index (χ1) is 43.1. The number of para-hydroxylation sites is 8. The van der Waals surface area contributed by atoms with Crippen LogP contribution in [-0.4, -0.2) is 31.7 Å². The average Bonchev–Trinajstić information content (AvgIpc) is 3.51. The van der Waals surface area contributed by atoms with Gasteiger partial charge < -0.3 is 18.3 Å². The summed E-state index contributed by atoms with van der Waals surface area (Å²) >= 11 is 3.99. The van der Waals surface area contributed by atoms with Crippen LogP contribution in [0.3, 0.4) is 0 Å². The van der Waals surface area contributed by atoms with Crippen LogP contribution in [0.4, 0.5) is 0 Å². The molecule has 8 heterocycles. The summed E-state index contributed by atoms with van der Waals surface area (Å²) in [7, 11) is 0. The fraction of sp³-hybridized carbons (Fsp3) is 0.0127. The summed E-state index contributed by atoms with van der Waals surface area (Å²) in [5.41, 5.74) is 29.6. The number of hydrogen-bond acceptors (Lipinski definition) is 2. The molecule has 0 saturated heterocycles. The van der Waals surface area contributed by atoms with E-state index < -0.39 is 0 Å². The van der Waals surface area contributed by atoms with Gasteiger partial charge in [-0.1, -0.05) is 198 Å². The van der Waals surface area contributed by atoms with E-state index in [4.69, 9.17) is 0 Å². The van der Waals surface area contributed by atoms with Gasteiger partial charge in [0.1, 0.15) is 0 Å². The fourth-order valence-corrected chi connectivity index (χ4v) is 19.1. The number of aromatic nitrogens is 4. The predicted octanol–water partition coefficient (Wildman–Crippen LogP) is 16.3. The number of hydrogen-bond donors (Lipinski definition) is 0. The van der Waals surface area contributed by atoms with Crippen molar-refractivity contribution >= 4 is 157 Å². The van der Waals surface area contributed by atoms with Gasteiger partial charge in [0, 0.05) is 96.5 Å². The monoisotopic (exact) mass is 1140 g/mol. The van der Waals surface area contributed by atoms with Crippen LogP contribution in [0.1, 0.15) is 5.56 Å². The van der Waals surface area contributed by atoms with Crippen LogP contribution in [0.15, 0.2) is 280 Å². The highest BCUT2D eigenvalue weighted by Gasteiger charge is 2.45. The van der Waals surface area contributed by atoms with Crippen LogP contribution in [0, 0.1) is 6.92 Å². The minimum Gasteiger partial charge on any atom is -0.310 e. The molecule has 0 N–H and O–H groups in total. The zero-order valence-electron chi connectivity index (χ0n) is 47.1. The number of benzene rings is 13. The zero-order valence-corrected chi connectivity index (χ0v) is 48.7. The molecule has 4 aliphatic rings. The first-order valence-electron chi connectivity index (χ1n) is 30.2. The van der Waals surface area contributed by atoms with Gasteiger partial charge in [-0.15, -0.1) is 0 Å². The van der Waals surface area contributed by atoms with Crippen LogP contribution in [0.25, 0.3) is 132 Å². The second kappa shape index (κ2) is 17.1. The second-order valence-electron chi connectivity index (χ2n) is 24.3. The highest BCUT2D eigenvalue weighted by Crippen LogP contribution is 2.48. The van der Waals surface area contributed by atoms with Crippen molar-refractivity contribution < 1.29 is 0 Å². The molecule has 4 nitrogen and oxygen atoms in total. The van der Waals surface area contributed by atoms with Gasteiger partial charge in [0.05, 0.1) is 33.1 Å². The Balaban J connectivity index is 0.799. The van der Waals surface area contributed by atoms with Crippen molar-refractivity contribution in [3.05, 3.63) is 266 Å². The summed E-state index contributed by atoms with van der Waals surface area (Å²) in [6, 6.07) is 98.9. The molecule has 8 heteroatoms. The molecule has 4 aromatic heterocycles. The Morgan fingerprint density at radius 3 is 1.08 bits per heavy atom. The first kappa shape index (κ1) is 47.2. The Morgan fingerprint density at radius 1 is 0.276 bits per heavy atom. The van der Waals surface area contributed by atoms with E-state index in [1.54, 1.807) is 0 Å². The topological polar surface area (TPSA) is 19.7 Å². The van der Waals surface area contributed by atoms with Crippen LogP contribution >= 0.6 is 23.5 Å². The quantitative estimate of drug-likeness (QED) is 0.164. The van der Waals surface area contributed by atoms with Gasteiger partial charge >= 0.3 is 0 Å². The van der Waals surface area contributed by atoms with Crippen molar-refractivity contribution in [1.82, 2.24) is 18.3 Å². The zero-order chi connectivity index (χ0) is 56.5. The maximum Gasteiger partial charge on any atom is 0.249 e. The summed E-state index contributed by atoms with van der Waals surface area (Å²) in [5.74, 6) is 0. The van der Waals surface area contributed by atoms with E-state index in [2.05, 4.69) is 286 Å². The molecule has 0 unspecified atom stereocenters. The smallest absolute Gasteiger partial charge is 0.249 e. The maximum atomic E-state index is 2.69. The molecule has 0 bridgehead atoms. The molecule has 400 valence electrons. The lowest BCUT2D eigenvalue weighted by atomic mass is 9.32. The number of fused-ring (bicyclic) bond motifs is 20. The molecule has 0 radical (unpaired) electrons. The molecule has 17 aromatic rings. The van der Waals surface area contributed by atoms with Gasteiger partial charge in [-0.3, -0.25) is 0 Å². The Kier molecular flexibility index (Phi) is 9.26. The van der Waals surface area contributed by atoms with Crippen LogP contribution in [0.2, 0.25) is 0 Å². The molecule has 0 amide bonds. The van der Waals surface area contributed by atoms with Crippen LogP contribution < -0.4 is 32.8 Å². The van der Waals surface area contributed by atoms with E-state index in [1.165, 1.54) is 190 Å². The van der Waals surface area contributed by atoms with E-state index in [1.807, 2.05) is 23.5 Å². The van der Waals surface area contributed by atoms with E-state index in [-0.39, 0.29) is 13.4 Å². The minimum absolute atomic E-state index is 0.0259. The molecule has 4 aliphatic heterocycles. The third-order valence-electron chi connectivity index (χ3n) is 20.0. The Labute approximate surface area is 509 Å². The largest absolute Gasteiger partial charge is 0.310 e. The summed E-state index contributed by atoms with van der Waals surface area (Å²) in [6.45, 7) is 2.49. The minimum atomic E-state index is 0.0259. The normalized spacial score (nSPS) is 13.4. The molecular weight excluding hydrogens is 1090 g/mol. The van der Waals surface area contributed by atoms with Crippen molar-refractivity contribution in [2.45, 2.75) is 26.5 Å². The summed E-state index contributed by atoms with van der Waals surface area (Å²) in [4.78, 5) is 5.43. The van der Waals surface area contributed by atoms with E-state index in [9.17, 15) is 0 Å². The molecule has 0 saturated carbocycles. The predicted molar refractivity (Wildman–Crippen MR) is 370 cm³/mol. The highest BCUT2D eigenvalue weighted by atomic mass is 32.2. The molecule has 13 aromatic carbocycles. The van der Waals surface area contributed by atoms with Gasteiger partial charge in [-0.25, -0.2) is 0 Å². The first-order valence-corrected chi connectivity index (χ1v) is 31.8. The molecule has 0 atom stereocenters. The average molecular weight is 1140 g/mol. The third kappa shape index (κ3) is 6.13. The van der Waals surface area contributed by atoms with E-state index in [0.717, 1.165) is 0 Å². The van der Waals surface area contributed by atoms with Crippen molar-refractivity contribution in [2.75, 3.05) is 0 Å². The Hall–Kier alpha value is -10.1. The molecule has 87 heavy (non-hydrogen) atoms. The van der Waals surface area contributed by atoms with E-state index in [0.29, 0.717) is 0 Å². The Bertz CT molecular complexity index is 5620. The van der Waals surface area contributed by atoms with E-state index >= 15 is 0 Å². The summed E-state index contributed by atoms with van der Waals surface area (Å²) < 4.78 is 10.1. The molecular formula is C79H46B2N4S2. The lowest BCUT2D eigenvalue weighted by Gasteiger charge is -2.38. The lowest BCUT2D eigenvalue weighted by molar-refractivity contribution is 1.16. The van der Waals surface area contributed by atoms with Crippen LogP contribution in [0.5, 0.6) is 0 Å². The lowest BCUT2D eigenvalue weighted by Crippen LogP contribution is -2.63.